The molecule has 1 aromatic carbocycles. The molecule has 0 spiro atoms. The Morgan fingerprint density at radius 2 is 1.47 bits per heavy atom. The van der Waals surface area contributed by atoms with Gasteiger partial charge >= 0.3 is 0 Å². The molecule has 0 bridgehead atoms. The number of aromatic nitrogens is 1. The van der Waals surface area contributed by atoms with Gasteiger partial charge in [0.2, 0.25) is 0 Å². The van der Waals surface area contributed by atoms with E-state index in [1.165, 1.54) is 0 Å². The van der Waals surface area contributed by atoms with Crippen molar-refractivity contribution in [2.75, 3.05) is 40.4 Å². The highest BCUT2D eigenvalue weighted by Gasteiger charge is 2.30. The first kappa shape index (κ1) is 24.0. The van der Waals surface area contributed by atoms with Crippen molar-refractivity contribution >= 4 is 11.8 Å². The number of pyridine rings is 1. The molecule has 2 fully saturated rings. The molecule has 0 atom stereocenters. The highest BCUT2D eigenvalue weighted by molar-refractivity contribution is 5.96. The third-order valence-electron chi connectivity index (χ3n) is 7.16. The number of piperidine rings is 2. The molecule has 0 N–H and O–H groups in total. The lowest BCUT2D eigenvalue weighted by Gasteiger charge is -2.34. The minimum Gasteiger partial charge on any atom is -0.493 e. The molecule has 2 aliphatic rings. The van der Waals surface area contributed by atoms with Gasteiger partial charge in [-0.05, 0) is 68.9 Å². The lowest BCUT2D eigenvalue weighted by molar-refractivity contribution is 0.0680. The average molecular weight is 466 g/mol. The van der Waals surface area contributed by atoms with Gasteiger partial charge in [0.05, 0.1) is 25.5 Å². The van der Waals surface area contributed by atoms with E-state index in [0.717, 1.165) is 55.7 Å². The van der Waals surface area contributed by atoms with Gasteiger partial charge in [0, 0.05) is 43.4 Å². The number of benzene rings is 1. The number of hydrogen-bond acceptors (Lipinski definition) is 5. The van der Waals surface area contributed by atoms with E-state index >= 15 is 0 Å². The summed E-state index contributed by atoms with van der Waals surface area (Å²) in [5.41, 5.74) is 3.12. The predicted octanol–water partition coefficient (Wildman–Crippen LogP) is 4.30. The number of nitrogens with zero attached hydrogens (tertiary/aromatic N) is 3. The topological polar surface area (TPSA) is 72.0 Å². The standard InChI is InChI=1S/C27H35N3O4/c1-18-9-13-30(14-10-18)27(32)22-7-5-19(2)28-25(22)20-11-15-29(16-12-20)26(31)21-6-8-23(33-3)24(17-21)34-4/h5-8,17-18,20H,9-16H2,1-4H3. The van der Waals surface area contributed by atoms with Gasteiger partial charge in [-0.15, -0.1) is 0 Å². The molecule has 0 aliphatic carbocycles. The Hall–Kier alpha value is -3.09. The Morgan fingerprint density at radius 1 is 0.853 bits per heavy atom. The number of methoxy groups -OCH3 is 2. The summed E-state index contributed by atoms with van der Waals surface area (Å²) in [6.07, 6.45) is 3.67. The van der Waals surface area contributed by atoms with E-state index in [2.05, 4.69) is 6.92 Å². The van der Waals surface area contributed by atoms with Gasteiger partial charge in [0.15, 0.2) is 11.5 Å². The molecule has 1 aromatic heterocycles. The van der Waals surface area contributed by atoms with Crippen LogP contribution in [0, 0.1) is 12.8 Å². The number of likely N-dealkylation sites (tertiary alicyclic amines) is 2. The fraction of sp³-hybridized carbons (Fsp3) is 0.519. The molecule has 2 aliphatic heterocycles. The second-order valence-corrected chi connectivity index (χ2v) is 9.50. The van der Waals surface area contributed by atoms with E-state index in [1.54, 1.807) is 32.4 Å². The van der Waals surface area contributed by atoms with Crippen molar-refractivity contribution in [1.29, 1.82) is 0 Å². The van der Waals surface area contributed by atoms with E-state index in [0.29, 0.717) is 36.1 Å². The van der Waals surface area contributed by atoms with Gasteiger partial charge in [0.1, 0.15) is 0 Å². The molecule has 2 aromatic rings. The minimum atomic E-state index is -0.0182. The summed E-state index contributed by atoms with van der Waals surface area (Å²) < 4.78 is 10.6. The van der Waals surface area contributed by atoms with E-state index < -0.39 is 0 Å². The molecule has 0 radical (unpaired) electrons. The Bertz CT molecular complexity index is 1040. The minimum absolute atomic E-state index is 0.0182. The van der Waals surface area contributed by atoms with Gasteiger partial charge in [-0.25, -0.2) is 0 Å². The maximum atomic E-state index is 13.4. The van der Waals surface area contributed by atoms with E-state index in [1.807, 2.05) is 28.9 Å². The molecule has 2 amide bonds. The highest BCUT2D eigenvalue weighted by Crippen LogP contribution is 2.33. The number of amides is 2. The Balaban J connectivity index is 1.46. The van der Waals surface area contributed by atoms with Crippen LogP contribution < -0.4 is 9.47 Å². The summed E-state index contributed by atoms with van der Waals surface area (Å²) in [5.74, 6) is 2.06. The molecule has 3 heterocycles. The zero-order chi connectivity index (χ0) is 24.2. The van der Waals surface area contributed by atoms with E-state index in [9.17, 15) is 9.59 Å². The predicted molar refractivity (Wildman–Crippen MR) is 131 cm³/mol. The Morgan fingerprint density at radius 3 is 2.12 bits per heavy atom. The molecular formula is C27H35N3O4. The molecule has 2 saturated heterocycles. The van der Waals surface area contributed by atoms with Crippen LogP contribution in [0.3, 0.4) is 0 Å². The summed E-state index contributed by atoms with van der Waals surface area (Å²) in [7, 11) is 3.14. The number of aryl methyl sites for hydroxylation is 1. The van der Waals surface area contributed by atoms with Crippen LogP contribution in [0.2, 0.25) is 0 Å². The van der Waals surface area contributed by atoms with Crippen molar-refractivity contribution in [3.63, 3.8) is 0 Å². The summed E-state index contributed by atoms with van der Waals surface area (Å²) in [6, 6.07) is 9.13. The van der Waals surface area contributed by atoms with Crippen molar-refractivity contribution in [2.45, 2.75) is 45.4 Å². The summed E-state index contributed by atoms with van der Waals surface area (Å²) in [5, 5.41) is 0. The monoisotopic (exact) mass is 465 g/mol. The SMILES string of the molecule is COc1ccc(C(=O)N2CCC(c3nc(C)ccc3C(=O)N3CCC(C)CC3)CC2)cc1OC. The van der Waals surface area contributed by atoms with Gasteiger partial charge < -0.3 is 19.3 Å². The van der Waals surface area contributed by atoms with E-state index in [4.69, 9.17) is 14.5 Å². The van der Waals surface area contributed by atoms with Gasteiger partial charge in [-0.3, -0.25) is 14.6 Å². The third-order valence-corrected chi connectivity index (χ3v) is 7.16. The van der Waals surface area contributed by atoms with Crippen molar-refractivity contribution in [3.8, 4) is 11.5 Å². The molecule has 0 unspecified atom stereocenters. The number of hydrogen-bond donors (Lipinski definition) is 0. The van der Waals surface area contributed by atoms with Gasteiger partial charge in [-0.1, -0.05) is 6.92 Å². The highest BCUT2D eigenvalue weighted by atomic mass is 16.5. The Labute approximate surface area is 202 Å². The number of ether oxygens (including phenoxy) is 2. The van der Waals surface area contributed by atoms with Crippen molar-refractivity contribution < 1.29 is 19.1 Å². The maximum absolute atomic E-state index is 13.4. The normalized spacial score (nSPS) is 17.5. The molecule has 7 heteroatoms. The van der Waals surface area contributed by atoms with Crippen molar-refractivity contribution in [2.24, 2.45) is 5.92 Å². The maximum Gasteiger partial charge on any atom is 0.255 e. The van der Waals surface area contributed by atoms with Crippen LogP contribution in [-0.2, 0) is 0 Å². The Kier molecular flexibility index (Phi) is 7.39. The van der Waals surface area contributed by atoms with Crippen LogP contribution in [-0.4, -0.2) is 67.0 Å². The van der Waals surface area contributed by atoms with Gasteiger partial charge in [-0.2, -0.15) is 0 Å². The molecule has 182 valence electrons. The first-order valence-corrected chi connectivity index (χ1v) is 12.2. The van der Waals surface area contributed by atoms with Gasteiger partial charge in [0.25, 0.3) is 11.8 Å². The number of carbonyl (C=O) groups is 2. The molecule has 0 saturated carbocycles. The second kappa shape index (κ2) is 10.5. The van der Waals surface area contributed by atoms with Crippen LogP contribution in [0.25, 0.3) is 0 Å². The zero-order valence-electron chi connectivity index (χ0n) is 20.7. The molecule has 4 rings (SSSR count). The van der Waals surface area contributed by atoms with Crippen LogP contribution >= 0.6 is 0 Å². The van der Waals surface area contributed by atoms with Crippen LogP contribution in [0.15, 0.2) is 30.3 Å². The fourth-order valence-corrected chi connectivity index (χ4v) is 4.96. The summed E-state index contributed by atoms with van der Waals surface area (Å²) in [4.78, 5) is 35.1. The fourth-order valence-electron chi connectivity index (χ4n) is 4.96. The summed E-state index contributed by atoms with van der Waals surface area (Å²) in [6.45, 7) is 7.09. The largest absolute Gasteiger partial charge is 0.493 e. The van der Waals surface area contributed by atoms with E-state index in [-0.39, 0.29) is 17.7 Å². The smallest absolute Gasteiger partial charge is 0.255 e. The average Bonchev–Trinajstić information content (AvgIpc) is 2.88. The molecular weight excluding hydrogens is 430 g/mol. The first-order chi connectivity index (χ1) is 16.4. The molecule has 34 heavy (non-hydrogen) atoms. The quantitative estimate of drug-likeness (QED) is 0.658. The lowest BCUT2D eigenvalue weighted by Crippen LogP contribution is -2.40. The number of rotatable bonds is 5. The first-order valence-electron chi connectivity index (χ1n) is 12.2. The zero-order valence-corrected chi connectivity index (χ0v) is 20.7. The second-order valence-electron chi connectivity index (χ2n) is 9.50. The van der Waals surface area contributed by atoms with Crippen LogP contribution in [0.4, 0.5) is 0 Å². The third kappa shape index (κ3) is 5.03. The van der Waals surface area contributed by atoms with Crippen LogP contribution in [0.1, 0.15) is 70.6 Å². The summed E-state index contributed by atoms with van der Waals surface area (Å²) >= 11 is 0. The van der Waals surface area contributed by atoms with Crippen LogP contribution in [0.5, 0.6) is 11.5 Å². The van der Waals surface area contributed by atoms with Crippen molar-refractivity contribution in [1.82, 2.24) is 14.8 Å². The van der Waals surface area contributed by atoms with Crippen molar-refractivity contribution in [3.05, 3.63) is 52.8 Å². The number of carbonyl (C=O) groups excluding carboxylic acids is 2. The molecule has 7 nitrogen and oxygen atoms in total. The lowest BCUT2D eigenvalue weighted by atomic mass is 9.89.